The molecule has 3 aromatic rings. The topological polar surface area (TPSA) is 77.4 Å². The zero-order chi connectivity index (χ0) is 22.0. The van der Waals surface area contributed by atoms with Gasteiger partial charge < -0.3 is 9.47 Å². The SMILES string of the molecule is CCCSc1nnc2c(n1)OC(c1cc(Cl)ccc1OC)N(C(C)=O)c1ccccc1-2. The van der Waals surface area contributed by atoms with Gasteiger partial charge in [-0.2, -0.15) is 4.98 Å². The fourth-order valence-electron chi connectivity index (χ4n) is 3.41. The van der Waals surface area contributed by atoms with Gasteiger partial charge >= 0.3 is 0 Å². The summed E-state index contributed by atoms with van der Waals surface area (Å²) >= 11 is 7.79. The van der Waals surface area contributed by atoms with Crippen molar-refractivity contribution in [2.45, 2.75) is 31.7 Å². The van der Waals surface area contributed by atoms with E-state index >= 15 is 0 Å². The third-order valence-corrected chi connectivity index (χ3v) is 6.02. The third kappa shape index (κ3) is 4.18. The van der Waals surface area contributed by atoms with Crippen LogP contribution in [0.2, 0.25) is 5.02 Å². The summed E-state index contributed by atoms with van der Waals surface area (Å²) in [5.74, 6) is 1.50. The maximum Gasteiger partial charge on any atom is 0.247 e. The van der Waals surface area contributed by atoms with Gasteiger partial charge in [0.25, 0.3) is 0 Å². The van der Waals surface area contributed by atoms with Gasteiger partial charge in [0.15, 0.2) is 5.69 Å². The number of thioether (sulfide) groups is 1. The lowest BCUT2D eigenvalue weighted by atomic mass is 10.1. The lowest BCUT2D eigenvalue weighted by molar-refractivity contribution is -0.118. The van der Waals surface area contributed by atoms with Crippen molar-refractivity contribution in [1.29, 1.82) is 0 Å². The summed E-state index contributed by atoms with van der Waals surface area (Å²) in [7, 11) is 1.56. The summed E-state index contributed by atoms with van der Waals surface area (Å²) in [6, 6.07) is 12.7. The molecule has 1 aromatic heterocycles. The van der Waals surface area contributed by atoms with Gasteiger partial charge in [0.2, 0.25) is 23.2 Å². The van der Waals surface area contributed by atoms with Crippen LogP contribution in [0, 0.1) is 0 Å². The van der Waals surface area contributed by atoms with Gasteiger partial charge in [-0.05, 0) is 30.7 Å². The fourth-order valence-corrected chi connectivity index (χ4v) is 4.22. The molecule has 1 unspecified atom stereocenters. The van der Waals surface area contributed by atoms with Crippen LogP contribution in [0.5, 0.6) is 11.6 Å². The van der Waals surface area contributed by atoms with Crippen LogP contribution in [-0.4, -0.2) is 34.0 Å². The van der Waals surface area contributed by atoms with Gasteiger partial charge in [-0.15, -0.1) is 10.2 Å². The molecule has 0 bridgehead atoms. The zero-order valence-corrected chi connectivity index (χ0v) is 18.9. The van der Waals surface area contributed by atoms with Crippen LogP contribution < -0.4 is 14.4 Å². The van der Waals surface area contributed by atoms with E-state index in [9.17, 15) is 4.79 Å². The van der Waals surface area contributed by atoms with E-state index in [4.69, 9.17) is 21.1 Å². The van der Waals surface area contributed by atoms with Crippen LogP contribution in [0.15, 0.2) is 47.6 Å². The Kier molecular flexibility index (Phi) is 6.29. The number of carbonyl (C=O) groups excluding carboxylic acids is 1. The van der Waals surface area contributed by atoms with Crippen molar-refractivity contribution < 1.29 is 14.3 Å². The number of hydrogen-bond donors (Lipinski definition) is 0. The van der Waals surface area contributed by atoms with E-state index in [0.717, 1.165) is 12.2 Å². The first-order valence-corrected chi connectivity index (χ1v) is 11.2. The predicted molar refractivity (Wildman–Crippen MR) is 121 cm³/mol. The molecule has 0 fully saturated rings. The maximum atomic E-state index is 12.9. The summed E-state index contributed by atoms with van der Waals surface area (Å²) in [4.78, 5) is 19.0. The molecule has 1 atom stereocenters. The molecule has 9 heteroatoms. The second-order valence-electron chi connectivity index (χ2n) is 6.86. The fraction of sp³-hybridized carbons (Fsp3) is 0.273. The summed E-state index contributed by atoms with van der Waals surface area (Å²) < 4.78 is 11.9. The lowest BCUT2D eigenvalue weighted by Gasteiger charge is -2.30. The number of benzene rings is 2. The van der Waals surface area contributed by atoms with Crippen LogP contribution in [0.4, 0.5) is 5.69 Å². The Morgan fingerprint density at radius 2 is 2.06 bits per heavy atom. The van der Waals surface area contributed by atoms with E-state index in [1.807, 2.05) is 24.3 Å². The standard InChI is InChI=1S/C22H21ClN4O3S/c1-4-11-31-22-24-20-19(25-26-22)15-7-5-6-8-17(15)27(13(2)28)21(30-20)16-12-14(23)9-10-18(16)29-3/h5-10,12,21H,4,11H2,1-3H3. The van der Waals surface area contributed by atoms with E-state index in [1.54, 1.807) is 30.2 Å². The van der Waals surface area contributed by atoms with Gasteiger partial charge in [-0.25, -0.2) is 0 Å². The molecular formula is C22H21ClN4O3S. The number of carbonyl (C=O) groups is 1. The summed E-state index contributed by atoms with van der Waals surface area (Å²) in [5.41, 5.74) is 2.44. The highest BCUT2D eigenvalue weighted by Crippen LogP contribution is 2.45. The average Bonchev–Trinajstić information content (AvgIpc) is 2.91. The molecule has 160 valence electrons. The van der Waals surface area contributed by atoms with Crippen molar-refractivity contribution in [3.8, 4) is 22.9 Å². The minimum absolute atomic E-state index is 0.208. The van der Waals surface area contributed by atoms with Crippen molar-refractivity contribution in [3.05, 3.63) is 53.1 Å². The Morgan fingerprint density at radius 3 is 2.81 bits per heavy atom. The highest BCUT2D eigenvalue weighted by atomic mass is 35.5. The van der Waals surface area contributed by atoms with Crippen LogP contribution >= 0.6 is 23.4 Å². The molecule has 7 nitrogen and oxygen atoms in total. The quantitative estimate of drug-likeness (QED) is 0.491. The van der Waals surface area contributed by atoms with Crippen molar-refractivity contribution >= 4 is 35.0 Å². The second kappa shape index (κ2) is 9.11. The number of fused-ring (bicyclic) bond motifs is 3. The largest absolute Gasteiger partial charge is 0.496 e. The number of amides is 1. The molecule has 0 saturated heterocycles. The molecule has 1 aliphatic heterocycles. The van der Waals surface area contributed by atoms with Crippen molar-refractivity contribution in [2.75, 3.05) is 17.8 Å². The number of aromatic nitrogens is 3. The maximum absolute atomic E-state index is 12.9. The molecule has 2 heterocycles. The first-order valence-electron chi connectivity index (χ1n) is 9.80. The van der Waals surface area contributed by atoms with E-state index < -0.39 is 6.23 Å². The minimum Gasteiger partial charge on any atom is -0.496 e. The van der Waals surface area contributed by atoms with Crippen LogP contribution in [0.25, 0.3) is 11.3 Å². The molecule has 4 rings (SSSR count). The minimum atomic E-state index is -0.853. The Balaban J connectivity index is 1.94. The Morgan fingerprint density at radius 1 is 1.26 bits per heavy atom. The smallest absolute Gasteiger partial charge is 0.247 e. The van der Waals surface area contributed by atoms with E-state index in [1.165, 1.54) is 18.7 Å². The number of ether oxygens (including phenoxy) is 2. The van der Waals surface area contributed by atoms with Gasteiger partial charge in [0, 0.05) is 23.3 Å². The van der Waals surface area contributed by atoms with Crippen molar-refractivity contribution in [2.24, 2.45) is 0 Å². The summed E-state index contributed by atoms with van der Waals surface area (Å²) in [5, 5.41) is 9.68. The molecule has 0 aliphatic carbocycles. The highest BCUT2D eigenvalue weighted by Gasteiger charge is 2.36. The number of halogens is 1. The molecule has 1 aliphatic rings. The molecular weight excluding hydrogens is 436 g/mol. The van der Waals surface area contributed by atoms with E-state index in [2.05, 4.69) is 22.1 Å². The molecule has 31 heavy (non-hydrogen) atoms. The number of anilines is 1. The summed E-state index contributed by atoms with van der Waals surface area (Å²) in [6.07, 6.45) is 0.129. The Bertz CT molecular complexity index is 1130. The summed E-state index contributed by atoms with van der Waals surface area (Å²) in [6.45, 7) is 3.57. The van der Waals surface area contributed by atoms with E-state index in [0.29, 0.717) is 44.3 Å². The number of nitrogens with zero attached hydrogens (tertiary/aromatic N) is 4. The number of hydrogen-bond acceptors (Lipinski definition) is 7. The molecule has 0 saturated carbocycles. The van der Waals surface area contributed by atoms with Crippen LogP contribution in [0.1, 0.15) is 32.1 Å². The van der Waals surface area contributed by atoms with Crippen molar-refractivity contribution in [3.63, 3.8) is 0 Å². The van der Waals surface area contributed by atoms with Gasteiger partial charge in [0.1, 0.15) is 5.75 Å². The van der Waals surface area contributed by atoms with Crippen molar-refractivity contribution in [1.82, 2.24) is 15.2 Å². The van der Waals surface area contributed by atoms with Crippen LogP contribution in [-0.2, 0) is 4.79 Å². The number of methoxy groups -OCH3 is 1. The molecule has 0 radical (unpaired) electrons. The molecule has 2 aromatic carbocycles. The van der Waals surface area contributed by atoms with Gasteiger partial charge in [-0.1, -0.05) is 48.5 Å². The zero-order valence-electron chi connectivity index (χ0n) is 17.3. The molecule has 0 spiro atoms. The molecule has 0 N–H and O–H groups in total. The lowest BCUT2D eigenvalue weighted by Crippen LogP contribution is -2.36. The second-order valence-corrected chi connectivity index (χ2v) is 8.36. The Hall–Kier alpha value is -2.84. The average molecular weight is 457 g/mol. The normalized spacial score (nSPS) is 14.8. The van der Waals surface area contributed by atoms with E-state index in [-0.39, 0.29) is 5.91 Å². The van der Waals surface area contributed by atoms with Crippen LogP contribution in [0.3, 0.4) is 0 Å². The first kappa shape index (κ1) is 21.4. The van der Waals surface area contributed by atoms with Gasteiger partial charge in [0.05, 0.1) is 18.4 Å². The number of para-hydroxylation sites is 1. The first-order chi connectivity index (χ1) is 15.0. The Labute approximate surface area is 189 Å². The third-order valence-electron chi connectivity index (χ3n) is 4.74. The predicted octanol–water partition coefficient (Wildman–Crippen LogP) is 5.15. The van der Waals surface area contributed by atoms with Gasteiger partial charge in [-0.3, -0.25) is 9.69 Å². The molecule has 1 amide bonds. The monoisotopic (exact) mass is 456 g/mol. The number of rotatable bonds is 5. The highest BCUT2D eigenvalue weighted by molar-refractivity contribution is 7.99.